The fraction of sp³-hybridized carbons (Fsp3) is 0.0909. The van der Waals surface area contributed by atoms with Crippen LogP contribution in [0.25, 0.3) is 17.0 Å². The number of aryl methyl sites for hydroxylation is 1. The first-order valence-electron chi connectivity index (χ1n) is 4.91. The summed E-state index contributed by atoms with van der Waals surface area (Å²) in [7, 11) is 0. The summed E-state index contributed by atoms with van der Waals surface area (Å²) in [4.78, 5) is 16.9. The van der Waals surface area contributed by atoms with Gasteiger partial charge in [-0.3, -0.25) is 15.0 Å². The zero-order chi connectivity index (χ0) is 11.0. The molecule has 0 unspecified atom stereocenters. The molecule has 0 N–H and O–H groups in total. The second-order valence-electron chi connectivity index (χ2n) is 3.46. The van der Waals surface area contributed by atoms with Crippen LogP contribution in [-0.4, -0.2) is 24.3 Å². The van der Waals surface area contributed by atoms with Crippen molar-refractivity contribution in [1.29, 1.82) is 0 Å². The molecule has 0 fully saturated rings. The van der Waals surface area contributed by atoms with Gasteiger partial charge in [0.15, 0.2) is 5.65 Å². The summed E-state index contributed by atoms with van der Waals surface area (Å²) < 4.78 is 1.91. The van der Waals surface area contributed by atoms with Crippen molar-refractivity contribution in [2.45, 2.75) is 6.92 Å². The highest BCUT2D eigenvalue weighted by Gasteiger charge is 2.08. The van der Waals surface area contributed by atoms with E-state index < -0.39 is 0 Å². The number of nitrogens with zero attached hydrogens (tertiary/aromatic N) is 5. The van der Waals surface area contributed by atoms with Crippen molar-refractivity contribution in [1.82, 2.24) is 24.3 Å². The number of rotatable bonds is 1. The molecule has 78 valence electrons. The third-order valence-corrected chi connectivity index (χ3v) is 2.39. The van der Waals surface area contributed by atoms with Gasteiger partial charge in [-0.25, -0.2) is 4.98 Å². The van der Waals surface area contributed by atoms with Gasteiger partial charge in [0.05, 0.1) is 11.9 Å². The van der Waals surface area contributed by atoms with Gasteiger partial charge >= 0.3 is 0 Å². The average Bonchev–Trinajstić information content (AvgIpc) is 2.73. The van der Waals surface area contributed by atoms with Gasteiger partial charge in [-0.05, 0) is 6.92 Å². The Morgan fingerprint density at radius 1 is 1.12 bits per heavy atom. The maximum absolute atomic E-state index is 4.44. The molecule has 3 heterocycles. The topological polar surface area (TPSA) is 56.0 Å². The molecular formula is C11H9N5. The monoisotopic (exact) mass is 211 g/mol. The highest BCUT2D eigenvalue weighted by Crippen LogP contribution is 2.17. The van der Waals surface area contributed by atoms with Gasteiger partial charge < -0.3 is 4.40 Å². The summed E-state index contributed by atoms with van der Waals surface area (Å²) in [6.07, 6.45) is 10.6. The first kappa shape index (κ1) is 8.96. The summed E-state index contributed by atoms with van der Waals surface area (Å²) >= 11 is 0. The molecule has 0 radical (unpaired) electrons. The van der Waals surface area contributed by atoms with Crippen molar-refractivity contribution in [3.8, 4) is 11.4 Å². The summed E-state index contributed by atoms with van der Waals surface area (Å²) in [5.74, 6) is 0. The predicted molar refractivity (Wildman–Crippen MR) is 58.8 cm³/mol. The Morgan fingerprint density at radius 3 is 2.81 bits per heavy atom. The van der Waals surface area contributed by atoms with E-state index >= 15 is 0 Å². The van der Waals surface area contributed by atoms with E-state index in [1.807, 2.05) is 23.7 Å². The molecular weight excluding hydrogens is 202 g/mol. The summed E-state index contributed by atoms with van der Waals surface area (Å²) in [5, 5.41) is 0. The molecule has 0 atom stereocenters. The van der Waals surface area contributed by atoms with Gasteiger partial charge in [0.25, 0.3) is 0 Å². The van der Waals surface area contributed by atoms with Crippen LogP contribution in [0.1, 0.15) is 5.69 Å². The molecule has 0 bridgehead atoms. The number of imidazole rings is 1. The van der Waals surface area contributed by atoms with Crippen LogP contribution in [0.15, 0.2) is 37.2 Å². The molecule has 3 aromatic heterocycles. The van der Waals surface area contributed by atoms with E-state index in [1.54, 1.807) is 24.8 Å². The van der Waals surface area contributed by atoms with E-state index in [9.17, 15) is 0 Å². The minimum Gasteiger partial charge on any atom is -0.304 e. The molecule has 3 aromatic rings. The lowest BCUT2D eigenvalue weighted by Gasteiger charge is -1.97. The van der Waals surface area contributed by atoms with Crippen molar-refractivity contribution >= 4 is 5.65 Å². The molecule has 0 aromatic carbocycles. The van der Waals surface area contributed by atoms with Gasteiger partial charge in [-0.2, -0.15) is 0 Å². The van der Waals surface area contributed by atoms with Crippen LogP contribution in [0.3, 0.4) is 0 Å². The van der Waals surface area contributed by atoms with E-state index in [4.69, 9.17) is 0 Å². The molecule has 16 heavy (non-hydrogen) atoms. The quantitative estimate of drug-likeness (QED) is 0.612. The van der Waals surface area contributed by atoms with Gasteiger partial charge in [-0.15, -0.1) is 0 Å². The third-order valence-electron chi connectivity index (χ3n) is 2.39. The maximum atomic E-state index is 4.44. The second kappa shape index (κ2) is 3.37. The Balaban J connectivity index is 2.23. The lowest BCUT2D eigenvalue weighted by atomic mass is 10.2. The fourth-order valence-corrected chi connectivity index (χ4v) is 1.62. The minimum absolute atomic E-state index is 0.808. The Labute approximate surface area is 91.9 Å². The number of aromatic nitrogens is 5. The van der Waals surface area contributed by atoms with Gasteiger partial charge in [0, 0.05) is 31.0 Å². The van der Waals surface area contributed by atoms with Crippen LogP contribution in [-0.2, 0) is 0 Å². The van der Waals surface area contributed by atoms with Crippen molar-refractivity contribution in [3.05, 3.63) is 42.9 Å². The Hall–Kier alpha value is -2.30. The largest absolute Gasteiger partial charge is 0.304 e. The second-order valence-corrected chi connectivity index (χ2v) is 3.46. The minimum atomic E-state index is 0.808. The summed E-state index contributed by atoms with van der Waals surface area (Å²) in [5.41, 5.74) is 3.31. The predicted octanol–water partition coefficient (Wildman–Crippen LogP) is 1.49. The van der Waals surface area contributed by atoms with Gasteiger partial charge in [-0.1, -0.05) is 0 Å². The van der Waals surface area contributed by atoms with Gasteiger partial charge in [0.1, 0.15) is 11.4 Å². The zero-order valence-electron chi connectivity index (χ0n) is 8.70. The van der Waals surface area contributed by atoms with Crippen LogP contribution < -0.4 is 0 Å². The SMILES string of the molecule is Cc1nccnc1-c1cn2ccncc2n1. The normalized spacial score (nSPS) is 10.8. The first-order chi connectivity index (χ1) is 7.84. The smallest absolute Gasteiger partial charge is 0.156 e. The molecule has 0 spiro atoms. The highest BCUT2D eigenvalue weighted by molar-refractivity contribution is 5.59. The third kappa shape index (κ3) is 1.33. The fourth-order valence-electron chi connectivity index (χ4n) is 1.62. The van der Waals surface area contributed by atoms with E-state index in [0.29, 0.717) is 0 Å². The van der Waals surface area contributed by atoms with Gasteiger partial charge in [0.2, 0.25) is 0 Å². The molecule has 0 aliphatic heterocycles. The maximum Gasteiger partial charge on any atom is 0.156 e. The van der Waals surface area contributed by atoms with Crippen LogP contribution in [0.2, 0.25) is 0 Å². The molecule has 0 saturated carbocycles. The molecule has 3 rings (SSSR count). The van der Waals surface area contributed by atoms with E-state index in [0.717, 1.165) is 22.7 Å². The molecule has 5 nitrogen and oxygen atoms in total. The first-order valence-corrected chi connectivity index (χ1v) is 4.91. The van der Waals surface area contributed by atoms with E-state index in [2.05, 4.69) is 19.9 Å². The molecule has 0 saturated heterocycles. The lowest BCUT2D eigenvalue weighted by molar-refractivity contribution is 1.11. The Bertz CT molecular complexity index is 610. The molecule has 0 aliphatic carbocycles. The Kier molecular flexibility index (Phi) is 1.89. The van der Waals surface area contributed by atoms with Crippen LogP contribution >= 0.6 is 0 Å². The lowest BCUT2D eigenvalue weighted by Crippen LogP contribution is -1.90. The number of fused-ring (bicyclic) bond motifs is 1. The molecule has 0 amide bonds. The molecule has 5 heteroatoms. The van der Waals surface area contributed by atoms with E-state index in [1.165, 1.54) is 0 Å². The summed E-state index contributed by atoms with van der Waals surface area (Å²) in [6, 6.07) is 0. The van der Waals surface area contributed by atoms with Crippen molar-refractivity contribution in [2.75, 3.05) is 0 Å². The highest BCUT2D eigenvalue weighted by atomic mass is 15.0. The summed E-state index contributed by atoms with van der Waals surface area (Å²) in [6.45, 7) is 1.92. The van der Waals surface area contributed by atoms with Crippen LogP contribution in [0, 0.1) is 6.92 Å². The van der Waals surface area contributed by atoms with E-state index in [-0.39, 0.29) is 0 Å². The zero-order valence-corrected chi connectivity index (χ0v) is 8.70. The number of hydrogen-bond acceptors (Lipinski definition) is 4. The van der Waals surface area contributed by atoms with Crippen molar-refractivity contribution in [3.63, 3.8) is 0 Å². The standard InChI is InChI=1S/C11H9N5/c1-8-11(14-3-2-13-8)9-7-16-5-4-12-6-10(16)15-9/h2-7H,1H3. The number of hydrogen-bond donors (Lipinski definition) is 0. The Morgan fingerprint density at radius 2 is 2.00 bits per heavy atom. The average molecular weight is 211 g/mol. The molecule has 0 aliphatic rings. The van der Waals surface area contributed by atoms with Crippen LogP contribution in [0.5, 0.6) is 0 Å². The van der Waals surface area contributed by atoms with Crippen molar-refractivity contribution in [2.24, 2.45) is 0 Å². The van der Waals surface area contributed by atoms with Crippen molar-refractivity contribution < 1.29 is 0 Å². The van der Waals surface area contributed by atoms with Crippen LogP contribution in [0.4, 0.5) is 0 Å².